The smallest absolute Gasteiger partial charge is 0.371 e. The van der Waals surface area contributed by atoms with Crippen LogP contribution in [0, 0.1) is 0 Å². The molecular formula is C6H13F3N2O. The van der Waals surface area contributed by atoms with E-state index < -0.39 is 12.8 Å². The zero-order valence-corrected chi connectivity index (χ0v) is 7.11. The van der Waals surface area contributed by atoms with Crippen LogP contribution < -0.4 is 5.43 Å². The topological polar surface area (TPSA) is 24.5 Å². The third-order valence-corrected chi connectivity index (χ3v) is 0.940. The minimum Gasteiger partial charge on any atom is -0.371 e. The summed E-state index contributed by atoms with van der Waals surface area (Å²) < 4.78 is 38.8. The van der Waals surface area contributed by atoms with Crippen molar-refractivity contribution in [3.63, 3.8) is 0 Å². The van der Waals surface area contributed by atoms with Crippen LogP contribution in [0.15, 0.2) is 0 Å². The third kappa shape index (κ3) is 9.67. The van der Waals surface area contributed by atoms with E-state index in [0.29, 0.717) is 6.54 Å². The van der Waals surface area contributed by atoms with Crippen molar-refractivity contribution in [1.82, 2.24) is 10.4 Å². The predicted molar refractivity (Wildman–Crippen MR) is 38.6 cm³/mol. The highest BCUT2D eigenvalue weighted by Crippen LogP contribution is 2.13. The van der Waals surface area contributed by atoms with E-state index in [0.717, 1.165) is 0 Å². The van der Waals surface area contributed by atoms with Gasteiger partial charge in [-0.05, 0) is 0 Å². The molecule has 0 amide bonds. The van der Waals surface area contributed by atoms with Gasteiger partial charge in [0.2, 0.25) is 0 Å². The van der Waals surface area contributed by atoms with Gasteiger partial charge in [0, 0.05) is 20.6 Å². The SMILES string of the molecule is CN(C)NCCOCC(F)(F)F. The highest BCUT2D eigenvalue weighted by atomic mass is 19.4. The fraction of sp³-hybridized carbons (Fsp3) is 1.00. The van der Waals surface area contributed by atoms with Crippen LogP contribution in [-0.2, 0) is 4.74 Å². The maximum atomic E-state index is 11.5. The lowest BCUT2D eigenvalue weighted by molar-refractivity contribution is -0.173. The number of hydrogen-bond acceptors (Lipinski definition) is 3. The van der Waals surface area contributed by atoms with Crippen molar-refractivity contribution in [2.75, 3.05) is 33.9 Å². The van der Waals surface area contributed by atoms with Crippen LogP contribution in [0.5, 0.6) is 0 Å². The summed E-state index contributed by atoms with van der Waals surface area (Å²) >= 11 is 0. The van der Waals surface area contributed by atoms with Crippen LogP contribution in [0.4, 0.5) is 13.2 Å². The van der Waals surface area contributed by atoms with Crippen LogP contribution in [0.1, 0.15) is 0 Å². The number of halogens is 3. The Bertz CT molecular complexity index is 116. The molecule has 0 radical (unpaired) electrons. The molecule has 0 aliphatic carbocycles. The Kier molecular flexibility index (Phi) is 5.19. The molecule has 74 valence electrons. The van der Waals surface area contributed by atoms with Gasteiger partial charge in [0.1, 0.15) is 6.61 Å². The van der Waals surface area contributed by atoms with Crippen LogP contribution in [-0.4, -0.2) is 45.0 Å². The summed E-state index contributed by atoms with van der Waals surface area (Å²) in [7, 11) is 3.51. The molecule has 0 bridgehead atoms. The molecule has 12 heavy (non-hydrogen) atoms. The minimum absolute atomic E-state index is 0.0533. The molecule has 0 aromatic carbocycles. The lowest BCUT2D eigenvalue weighted by Crippen LogP contribution is -2.33. The zero-order valence-electron chi connectivity index (χ0n) is 7.11. The van der Waals surface area contributed by atoms with Crippen molar-refractivity contribution in [2.24, 2.45) is 0 Å². The standard InChI is InChI=1S/C6H13F3N2O/c1-11(2)10-3-4-12-5-6(7,8)9/h10H,3-5H2,1-2H3. The molecular weight excluding hydrogens is 173 g/mol. The van der Waals surface area contributed by atoms with E-state index in [-0.39, 0.29) is 6.61 Å². The summed E-state index contributed by atoms with van der Waals surface area (Å²) in [6.07, 6.45) is -4.22. The average Bonchev–Trinajstić information content (AvgIpc) is 1.83. The second kappa shape index (κ2) is 5.34. The van der Waals surface area contributed by atoms with Crippen LogP contribution in [0.25, 0.3) is 0 Å². The third-order valence-electron chi connectivity index (χ3n) is 0.940. The van der Waals surface area contributed by atoms with E-state index in [1.54, 1.807) is 19.1 Å². The maximum Gasteiger partial charge on any atom is 0.411 e. The van der Waals surface area contributed by atoms with Gasteiger partial charge in [-0.15, -0.1) is 0 Å². The second-order valence-corrected chi connectivity index (χ2v) is 2.47. The van der Waals surface area contributed by atoms with Gasteiger partial charge in [-0.25, -0.2) is 0 Å². The van der Waals surface area contributed by atoms with Crippen molar-refractivity contribution >= 4 is 0 Å². The number of nitrogens with zero attached hydrogens (tertiary/aromatic N) is 1. The molecule has 0 aliphatic rings. The molecule has 6 heteroatoms. The molecule has 0 spiro atoms. The molecule has 0 fully saturated rings. The average molecular weight is 186 g/mol. The predicted octanol–water partition coefficient (Wildman–Crippen LogP) is 0.631. The molecule has 1 N–H and O–H groups in total. The quantitative estimate of drug-likeness (QED) is 0.503. The molecule has 0 saturated heterocycles. The largest absolute Gasteiger partial charge is 0.411 e. The molecule has 3 nitrogen and oxygen atoms in total. The maximum absolute atomic E-state index is 11.5. The van der Waals surface area contributed by atoms with Crippen molar-refractivity contribution < 1.29 is 17.9 Å². The van der Waals surface area contributed by atoms with Gasteiger partial charge >= 0.3 is 6.18 Å². The summed E-state index contributed by atoms with van der Waals surface area (Å²) in [5, 5.41) is 1.65. The molecule has 0 atom stereocenters. The Hall–Kier alpha value is -0.330. The van der Waals surface area contributed by atoms with Gasteiger partial charge < -0.3 is 4.74 Å². The summed E-state index contributed by atoms with van der Waals surface area (Å²) in [6.45, 7) is -0.747. The van der Waals surface area contributed by atoms with Gasteiger partial charge in [0.05, 0.1) is 6.61 Å². The molecule has 0 aromatic rings. The van der Waals surface area contributed by atoms with E-state index in [1.807, 2.05) is 0 Å². The van der Waals surface area contributed by atoms with Gasteiger partial charge in [0.25, 0.3) is 0 Å². The highest BCUT2D eigenvalue weighted by Gasteiger charge is 2.27. The van der Waals surface area contributed by atoms with E-state index in [9.17, 15) is 13.2 Å². The number of rotatable bonds is 5. The van der Waals surface area contributed by atoms with Crippen molar-refractivity contribution in [3.05, 3.63) is 0 Å². The first kappa shape index (κ1) is 11.7. The Balaban J connectivity index is 3.12. The molecule has 0 saturated carbocycles. The zero-order chi connectivity index (χ0) is 9.61. The fourth-order valence-corrected chi connectivity index (χ4v) is 0.529. The normalized spacial score (nSPS) is 12.5. The number of alkyl halides is 3. The Morgan fingerprint density at radius 3 is 2.33 bits per heavy atom. The van der Waals surface area contributed by atoms with E-state index in [1.165, 1.54) is 0 Å². The van der Waals surface area contributed by atoms with Crippen LogP contribution in [0.3, 0.4) is 0 Å². The van der Waals surface area contributed by atoms with Gasteiger partial charge in [-0.1, -0.05) is 0 Å². The van der Waals surface area contributed by atoms with Crippen molar-refractivity contribution in [2.45, 2.75) is 6.18 Å². The Labute approximate surface area is 69.5 Å². The molecule has 0 unspecified atom stereocenters. The Morgan fingerprint density at radius 2 is 1.92 bits per heavy atom. The second-order valence-electron chi connectivity index (χ2n) is 2.47. The van der Waals surface area contributed by atoms with Crippen molar-refractivity contribution in [3.8, 4) is 0 Å². The lowest BCUT2D eigenvalue weighted by Gasteiger charge is -2.12. The van der Waals surface area contributed by atoms with Gasteiger partial charge in [-0.3, -0.25) is 10.4 Å². The summed E-state index contributed by atoms with van der Waals surface area (Å²) in [4.78, 5) is 0. The molecule has 0 rings (SSSR count). The summed E-state index contributed by atoms with van der Waals surface area (Å²) in [5.74, 6) is 0. The number of hydrogen-bond donors (Lipinski definition) is 1. The number of hydrazine groups is 1. The molecule has 0 aliphatic heterocycles. The van der Waals surface area contributed by atoms with Crippen LogP contribution >= 0.6 is 0 Å². The number of nitrogens with one attached hydrogen (secondary N) is 1. The molecule has 0 heterocycles. The first-order valence-electron chi connectivity index (χ1n) is 3.47. The van der Waals surface area contributed by atoms with Crippen molar-refractivity contribution in [1.29, 1.82) is 0 Å². The molecule has 0 aromatic heterocycles. The first-order chi connectivity index (χ1) is 5.42. The monoisotopic (exact) mass is 186 g/mol. The minimum atomic E-state index is -4.22. The summed E-state index contributed by atoms with van der Waals surface area (Å²) in [6, 6.07) is 0. The van der Waals surface area contributed by atoms with E-state index in [4.69, 9.17) is 0 Å². The lowest BCUT2D eigenvalue weighted by atomic mass is 10.6. The first-order valence-corrected chi connectivity index (χ1v) is 3.47. The van der Waals surface area contributed by atoms with E-state index >= 15 is 0 Å². The fourth-order valence-electron chi connectivity index (χ4n) is 0.529. The highest BCUT2D eigenvalue weighted by molar-refractivity contribution is 4.46. The van der Waals surface area contributed by atoms with Crippen LogP contribution in [0.2, 0.25) is 0 Å². The Morgan fingerprint density at radius 1 is 1.33 bits per heavy atom. The van der Waals surface area contributed by atoms with E-state index in [2.05, 4.69) is 10.2 Å². The van der Waals surface area contributed by atoms with Gasteiger partial charge in [-0.2, -0.15) is 13.2 Å². The van der Waals surface area contributed by atoms with Gasteiger partial charge in [0.15, 0.2) is 0 Å². The summed E-state index contributed by atoms with van der Waals surface area (Å²) in [5.41, 5.74) is 2.77. The number of ether oxygens (including phenoxy) is 1.